The van der Waals surface area contributed by atoms with Gasteiger partial charge < -0.3 is 15.0 Å². The number of aryl methyl sites for hydroxylation is 1. The third kappa shape index (κ3) is 3.99. The molecule has 2 amide bonds. The molecule has 10 heteroatoms. The molecule has 1 saturated heterocycles. The number of amides is 2. The van der Waals surface area contributed by atoms with Crippen molar-refractivity contribution in [3.05, 3.63) is 63.6 Å². The van der Waals surface area contributed by atoms with Gasteiger partial charge in [-0.3, -0.25) is 14.4 Å². The Hall–Kier alpha value is -3.95. The number of hydrogen-bond acceptors (Lipinski definition) is 6. The molecule has 0 radical (unpaired) electrons. The Bertz CT molecular complexity index is 1260. The van der Waals surface area contributed by atoms with Crippen LogP contribution in [0.1, 0.15) is 42.0 Å². The van der Waals surface area contributed by atoms with E-state index in [0.717, 1.165) is 29.8 Å². The van der Waals surface area contributed by atoms with E-state index in [0.29, 0.717) is 37.0 Å². The van der Waals surface area contributed by atoms with Gasteiger partial charge >= 0.3 is 0 Å². The number of rotatable bonds is 6. The Kier molecular flexibility index (Phi) is 5.41. The monoisotopic (exact) mass is 448 g/mol. The van der Waals surface area contributed by atoms with Crippen LogP contribution in [0.25, 0.3) is 5.82 Å². The molecule has 2 aliphatic heterocycles. The molecule has 1 fully saturated rings. The number of fused-ring (bicyclic) bond motifs is 1. The predicted octanol–water partition coefficient (Wildman–Crippen LogP) is 1.74. The van der Waals surface area contributed by atoms with Crippen LogP contribution in [0, 0.1) is 6.92 Å². The van der Waals surface area contributed by atoms with Crippen molar-refractivity contribution in [3.63, 3.8) is 0 Å². The van der Waals surface area contributed by atoms with Crippen molar-refractivity contribution in [1.29, 1.82) is 0 Å². The average molecular weight is 448 g/mol. The van der Waals surface area contributed by atoms with Crippen molar-refractivity contribution >= 4 is 17.6 Å². The Morgan fingerprint density at radius 3 is 2.76 bits per heavy atom. The zero-order valence-corrected chi connectivity index (χ0v) is 18.2. The molecule has 4 heterocycles. The molecule has 2 aromatic heterocycles. The SMILES string of the molecule is Cc1nn(-c2ccc(=O)[nH]n2)c2c1C(c1ccccc1OCCN1CCCC1=O)CC(=O)N2. The van der Waals surface area contributed by atoms with Crippen LogP contribution in [0.5, 0.6) is 5.75 Å². The molecule has 2 N–H and O–H groups in total. The number of H-pyrrole nitrogens is 1. The molecular weight excluding hydrogens is 424 g/mol. The van der Waals surface area contributed by atoms with Gasteiger partial charge in [-0.05, 0) is 25.5 Å². The maximum atomic E-state index is 12.7. The highest BCUT2D eigenvalue weighted by molar-refractivity contribution is 5.95. The predicted molar refractivity (Wildman–Crippen MR) is 120 cm³/mol. The second-order valence-electron chi connectivity index (χ2n) is 8.21. The van der Waals surface area contributed by atoms with E-state index in [1.165, 1.54) is 10.7 Å². The van der Waals surface area contributed by atoms with E-state index < -0.39 is 0 Å². The lowest BCUT2D eigenvalue weighted by Crippen LogP contribution is -2.29. The summed E-state index contributed by atoms with van der Waals surface area (Å²) in [6.45, 7) is 3.58. The zero-order chi connectivity index (χ0) is 22.9. The van der Waals surface area contributed by atoms with Gasteiger partial charge in [0.25, 0.3) is 5.56 Å². The highest BCUT2D eigenvalue weighted by Gasteiger charge is 2.34. The highest BCUT2D eigenvalue weighted by Crippen LogP contribution is 2.42. The van der Waals surface area contributed by atoms with Crippen molar-refractivity contribution in [3.8, 4) is 11.6 Å². The van der Waals surface area contributed by atoms with E-state index in [-0.39, 0.29) is 29.7 Å². The summed E-state index contributed by atoms with van der Waals surface area (Å²) in [6, 6.07) is 10.6. The van der Waals surface area contributed by atoms with Crippen LogP contribution in [-0.4, -0.2) is 56.4 Å². The second-order valence-corrected chi connectivity index (χ2v) is 8.21. The van der Waals surface area contributed by atoms with Crippen LogP contribution >= 0.6 is 0 Å². The molecule has 1 unspecified atom stereocenters. The number of likely N-dealkylation sites (tertiary alicyclic amines) is 1. The summed E-state index contributed by atoms with van der Waals surface area (Å²) in [4.78, 5) is 37.8. The largest absolute Gasteiger partial charge is 0.491 e. The first-order chi connectivity index (χ1) is 16.0. The Morgan fingerprint density at radius 2 is 2.00 bits per heavy atom. The van der Waals surface area contributed by atoms with Gasteiger partial charge in [0, 0.05) is 42.5 Å². The molecule has 1 atom stereocenters. The number of ether oxygens (including phenoxy) is 1. The molecular formula is C23H24N6O4. The van der Waals surface area contributed by atoms with E-state index in [9.17, 15) is 14.4 Å². The molecule has 0 aliphatic carbocycles. The normalized spacial score (nSPS) is 17.7. The zero-order valence-electron chi connectivity index (χ0n) is 18.2. The van der Waals surface area contributed by atoms with Crippen molar-refractivity contribution < 1.29 is 14.3 Å². The van der Waals surface area contributed by atoms with Crippen molar-refractivity contribution in [1.82, 2.24) is 24.9 Å². The molecule has 33 heavy (non-hydrogen) atoms. The third-order valence-corrected chi connectivity index (χ3v) is 6.07. The smallest absolute Gasteiger partial charge is 0.264 e. The number of aromatic nitrogens is 4. The molecule has 3 aromatic rings. The van der Waals surface area contributed by atoms with Crippen LogP contribution in [-0.2, 0) is 9.59 Å². The second kappa shape index (κ2) is 8.53. The van der Waals surface area contributed by atoms with Crippen molar-refractivity contribution in [2.45, 2.75) is 32.1 Å². The minimum Gasteiger partial charge on any atom is -0.491 e. The lowest BCUT2D eigenvalue weighted by atomic mass is 9.85. The van der Waals surface area contributed by atoms with Gasteiger partial charge in [-0.2, -0.15) is 14.9 Å². The van der Waals surface area contributed by atoms with Gasteiger partial charge in [0.1, 0.15) is 18.2 Å². The van der Waals surface area contributed by atoms with Crippen molar-refractivity contribution in [2.75, 3.05) is 25.0 Å². The minimum absolute atomic E-state index is 0.143. The summed E-state index contributed by atoms with van der Waals surface area (Å²) < 4.78 is 7.63. The van der Waals surface area contributed by atoms with Crippen LogP contribution < -0.4 is 15.6 Å². The molecule has 0 saturated carbocycles. The average Bonchev–Trinajstić information content (AvgIpc) is 3.37. The number of anilines is 1. The fourth-order valence-electron chi connectivity index (χ4n) is 4.54. The van der Waals surface area contributed by atoms with Crippen molar-refractivity contribution in [2.24, 2.45) is 0 Å². The molecule has 5 rings (SSSR count). The summed E-state index contributed by atoms with van der Waals surface area (Å²) in [5, 5.41) is 13.9. The summed E-state index contributed by atoms with van der Waals surface area (Å²) in [6.07, 6.45) is 1.75. The first kappa shape index (κ1) is 20.9. The third-order valence-electron chi connectivity index (χ3n) is 6.07. The molecule has 2 aliphatic rings. The maximum Gasteiger partial charge on any atom is 0.264 e. The fraction of sp³-hybridized carbons (Fsp3) is 0.348. The Labute approximate surface area is 189 Å². The molecule has 1 aromatic carbocycles. The first-order valence-electron chi connectivity index (χ1n) is 11.0. The summed E-state index contributed by atoms with van der Waals surface area (Å²) in [7, 11) is 0. The van der Waals surface area contributed by atoms with E-state index in [2.05, 4.69) is 20.6 Å². The number of nitrogens with zero attached hydrogens (tertiary/aromatic N) is 4. The topological polar surface area (TPSA) is 122 Å². The van der Waals surface area contributed by atoms with E-state index in [1.54, 1.807) is 6.07 Å². The van der Waals surface area contributed by atoms with Gasteiger partial charge in [-0.1, -0.05) is 18.2 Å². The lowest BCUT2D eigenvalue weighted by molar-refractivity contribution is -0.128. The van der Waals surface area contributed by atoms with Gasteiger partial charge in [0.15, 0.2) is 5.82 Å². The van der Waals surface area contributed by atoms with Crippen LogP contribution in [0.15, 0.2) is 41.2 Å². The number of aromatic amines is 1. The van der Waals surface area contributed by atoms with E-state index in [4.69, 9.17) is 4.74 Å². The number of carbonyl (C=O) groups excluding carboxylic acids is 2. The molecule has 170 valence electrons. The quantitative estimate of drug-likeness (QED) is 0.592. The van der Waals surface area contributed by atoms with Crippen LogP contribution in [0.3, 0.4) is 0 Å². The van der Waals surface area contributed by atoms with Crippen LogP contribution in [0.2, 0.25) is 0 Å². The number of benzene rings is 1. The van der Waals surface area contributed by atoms with E-state index in [1.807, 2.05) is 36.1 Å². The fourth-order valence-corrected chi connectivity index (χ4v) is 4.54. The lowest BCUT2D eigenvalue weighted by Gasteiger charge is -2.26. The van der Waals surface area contributed by atoms with Gasteiger partial charge in [-0.25, -0.2) is 5.10 Å². The number of para-hydroxylation sites is 1. The highest BCUT2D eigenvalue weighted by atomic mass is 16.5. The maximum absolute atomic E-state index is 12.7. The Morgan fingerprint density at radius 1 is 1.15 bits per heavy atom. The number of hydrogen-bond donors (Lipinski definition) is 2. The molecule has 0 spiro atoms. The van der Waals surface area contributed by atoms with Gasteiger partial charge in [0.05, 0.1) is 12.2 Å². The first-order valence-corrected chi connectivity index (χ1v) is 11.0. The number of carbonyl (C=O) groups is 2. The molecule has 10 nitrogen and oxygen atoms in total. The van der Waals surface area contributed by atoms with Gasteiger partial charge in [-0.15, -0.1) is 0 Å². The standard InChI is InChI=1S/C23H24N6O4/c1-14-22-16(13-20(31)24-23(22)29(27-14)18-8-9-19(30)26-25-18)15-5-2-3-6-17(15)33-12-11-28-10-4-7-21(28)32/h2-3,5-6,8-9,16H,4,7,10-13H2,1H3,(H,24,31)(H,26,30). The minimum atomic E-state index is -0.319. The van der Waals surface area contributed by atoms with E-state index >= 15 is 0 Å². The Balaban J connectivity index is 1.46. The summed E-state index contributed by atoms with van der Waals surface area (Å²) >= 11 is 0. The van der Waals surface area contributed by atoms with Gasteiger partial charge in [0.2, 0.25) is 11.8 Å². The summed E-state index contributed by atoms with van der Waals surface area (Å²) in [5.74, 6) is 1.39. The van der Waals surface area contributed by atoms with Crippen LogP contribution in [0.4, 0.5) is 5.82 Å². The molecule has 0 bridgehead atoms. The number of nitrogens with one attached hydrogen (secondary N) is 2. The summed E-state index contributed by atoms with van der Waals surface area (Å²) in [5.41, 5.74) is 2.20.